The monoisotopic (exact) mass is 204 g/mol. The van der Waals surface area contributed by atoms with E-state index in [1.54, 1.807) is 0 Å². The minimum atomic E-state index is -0.633. The summed E-state index contributed by atoms with van der Waals surface area (Å²) >= 11 is 0. The molecule has 80 valence electrons. The number of benzene rings is 1. The first-order valence-electron chi connectivity index (χ1n) is 5.21. The number of ether oxygens (including phenoxy) is 1. The SMILES string of the molecule is C=C(C)COc1ccccc1C1(O)CC1. The van der Waals surface area contributed by atoms with Crippen LogP contribution >= 0.6 is 0 Å². The molecule has 1 aliphatic carbocycles. The number of rotatable bonds is 4. The molecule has 0 unspecified atom stereocenters. The van der Waals surface area contributed by atoms with Gasteiger partial charge in [-0.15, -0.1) is 0 Å². The van der Waals surface area contributed by atoms with Gasteiger partial charge in [0.25, 0.3) is 0 Å². The summed E-state index contributed by atoms with van der Waals surface area (Å²) in [6.07, 6.45) is 1.67. The Kier molecular flexibility index (Phi) is 2.53. The number of hydrogen-bond donors (Lipinski definition) is 1. The lowest BCUT2D eigenvalue weighted by molar-refractivity contribution is 0.146. The van der Waals surface area contributed by atoms with Crippen LogP contribution in [0, 0.1) is 0 Å². The zero-order valence-corrected chi connectivity index (χ0v) is 8.99. The highest BCUT2D eigenvalue weighted by Crippen LogP contribution is 2.48. The van der Waals surface area contributed by atoms with Gasteiger partial charge < -0.3 is 9.84 Å². The molecule has 0 heterocycles. The van der Waals surface area contributed by atoms with Crippen molar-refractivity contribution in [1.82, 2.24) is 0 Å². The van der Waals surface area contributed by atoms with Crippen molar-refractivity contribution in [3.8, 4) is 5.75 Å². The molecule has 0 bridgehead atoms. The first kappa shape index (κ1) is 10.2. The zero-order chi connectivity index (χ0) is 10.9. The van der Waals surface area contributed by atoms with Crippen LogP contribution in [0.25, 0.3) is 0 Å². The molecular weight excluding hydrogens is 188 g/mol. The summed E-state index contributed by atoms with van der Waals surface area (Å²) in [5, 5.41) is 10.0. The molecule has 1 fully saturated rings. The summed E-state index contributed by atoms with van der Waals surface area (Å²) in [6.45, 7) is 6.22. The number of aliphatic hydroxyl groups is 1. The standard InChI is InChI=1S/C13H16O2/c1-10(2)9-15-12-6-4-3-5-11(12)13(14)7-8-13/h3-6,14H,1,7-9H2,2H3. The lowest BCUT2D eigenvalue weighted by Crippen LogP contribution is -2.08. The van der Waals surface area contributed by atoms with Crippen LogP contribution in [0.4, 0.5) is 0 Å². The molecule has 1 aliphatic rings. The highest BCUT2D eigenvalue weighted by Gasteiger charge is 2.44. The van der Waals surface area contributed by atoms with Gasteiger partial charge in [0.2, 0.25) is 0 Å². The average molecular weight is 204 g/mol. The largest absolute Gasteiger partial charge is 0.489 e. The van der Waals surface area contributed by atoms with Crippen molar-refractivity contribution < 1.29 is 9.84 Å². The normalized spacial score (nSPS) is 17.2. The Morgan fingerprint density at radius 3 is 2.73 bits per heavy atom. The summed E-state index contributed by atoms with van der Waals surface area (Å²) in [7, 11) is 0. The van der Waals surface area contributed by atoms with Crippen molar-refractivity contribution in [1.29, 1.82) is 0 Å². The third-order valence-corrected chi connectivity index (χ3v) is 2.59. The minimum Gasteiger partial charge on any atom is -0.489 e. The molecule has 0 aliphatic heterocycles. The van der Waals surface area contributed by atoms with Gasteiger partial charge in [0.15, 0.2) is 0 Å². The Hall–Kier alpha value is -1.28. The molecule has 15 heavy (non-hydrogen) atoms. The number of para-hydroxylation sites is 1. The van der Waals surface area contributed by atoms with E-state index in [0.717, 1.165) is 29.7 Å². The second-order valence-corrected chi connectivity index (χ2v) is 4.27. The fourth-order valence-electron chi connectivity index (χ4n) is 1.57. The van der Waals surface area contributed by atoms with Crippen molar-refractivity contribution in [3.63, 3.8) is 0 Å². The van der Waals surface area contributed by atoms with E-state index in [-0.39, 0.29) is 0 Å². The van der Waals surface area contributed by atoms with Crippen molar-refractivity contribution in [3.05, 3.63) is 42.0 Å². The Labute approximate surface area is 90.2 Å². The summed E-state index contributed by atoms with van der Waals surface area (Å²) in [6, 6.07) is 7.68. The molecule has 0 aromatic heterocycles. The first-order valence-corrected chi connectivity index (χ1v) is 5.21. The molecule has 1 aromatic rings. The third kappa shape index (κ3) is 2.21. The van der Waals surface area contributed by atoms with E-state index in [9.17, 15) is 5.11 Å². The molecule has 0 saturated heterocycles. The molecule has 0 spiro atoms. The Bertz CT molecular complexity index is 378. The van der Waals surface area contributed by atoms with Crippen LogP contribution in [0.3, 0.4) is 0 Å². The van der Waals surface area contributed by atoms with E-state index in [0.29, 0.717) is 6.61 Å². The van der Waals surface area contributed by atoms with Gasteiger partial charge in [-0.2, -0.15) is 0 Å². The zero-order valence-electron chi connectivity index (χ0n) is 8.99. The smallest absolute Gasteiger partial charge is 0.125 e. The molecule has 0 atom stereocenters. The van der Waals surface area contributed by atoms with Gasteiger partial charge >= 0.3 is 0 Å². The molecule has 0 radical (unpaired) electrons. The lowest BCUT2D eigenvalue weighted by atomic mass is 10.1. The van der Waals surface area contributed by atoms with Crippen molar-refractivity contribution in [2.24, 2.45) is 0 Å². The Morgan fingerprint density at radius 2 is 2.13 bits per heavy atom. The van der Waals surface area contributed by atoms with Crippen LogP contribution in [0.15, 0.2) is 36.4 Å². The van der Waals surface area contributed by atoms with Gasteiger partial charge in [0.1, 0.15) is 12.4 Å². The fraction of sp³-hybridized carbons (Fsp3) is 0.385. The lowest BCUT2D eigenvalue weighted by Gasteiger charge is -2.14. The molecule has 1 N–H and O–H groups in total. The first-order chi connectivity index (χ1) is 7.12. The second kappa shape index (κ2) is 3.70. The van der Waals surface area contributed by atoms with Gasteiger partial charge in [0.05, 0.1) is 5.60 Å². The minimum absolute atomic E-state index is 0.507. The third-order valence-electron chi connectivity index (χ3n) is 2.59. The topological polar surface area (TPSA) is 29.5 Å². The van der Waals surface area contributed by atoms with Crippen LogP contribution in [0.1, 0.15) is 25.3 Å². The van der Waals surface area contributed by atoms with Crippen LogP contribution in [-0.4, -0.2) is 11.7 Å². The van der Waals surface area contributed by atoms with E-state index in [1.807, 2.05) is 31.2 Å². The predicted molar refractivity (Wildman–Crippen MR) is 59.9 cm³/mol. The second-order valence-electron chi connectivity index (χ2n) is 4.27. The van der Waals surface area contributed by atoms with E-state index in [2.05, 4.69) is 6.58 Å². The highest BCUT2D eigenvalue weighted by molar-refractivity contribution is 5.40. The Morgan fingerprint density at radius 1 is 1.47 bits per heavy atom. The Balaban J connectivity index is 2.19. The average Bonchev–Trinajstić information content (AvgIpc) is 2.95. The molecular formula is C13H16O2. The molecule has 1 aromatic carbocycles. The van der Waals surface area contributed by atoms with Crippen molar-refractivity contribution in [2.75, 3.05) is 6.61 Å². The van der Waals surface area contributed by atoms with Crippen LogP contribution in [-0.2, 0) is 5.60 Å². The summed E-state index contributed by atoms with van der Waals surface area (Å²) in [5.41, 5.74) is 1.25. The van der Waals surface area contributed by atoms with Crippen molar-refractivity contribution in [2.45, 2.75) is 25.4 Å². The molecule has 1 saturated carbocycles. The summed E-state index contributed by atoms with van der Waals surface area (Å²) in [5.74, 6) is 0.778. The van der Waals surface area contributed by atoms with Crippen LogP contribution < -0.4 is 4.74 Å². The predicted octanol–water partition coefficient (Wildman–Crippen LogP) is 2.62. The van der Waals surface area contributed by atoms with Crippen LogP contribution in [0.2, 0.25) is 0 Å². The maximum atomic E-state index is 10.0. The van der Waals surface area contributed by atoms with Gasteiger partial charge in [-0.05, 0) is 31.4 Å². The van der Waals surface area contributed by atoms with Gasteiger partial charge in [-0.1, -0.05) is 24.8 Å². The number of hydrogen-bond acceptors (Lipinski definition) is 2. The van der Waals surface area contributed by atoms with Gasteiger partial charge in [-0.3, -0.25) is 0 Å². The summed E-state index contributed by atoms with van der Waals surface area (Å²) < 4.78 is 5.61. The molecule has 2 heteroatoms. The summed E-state index contributed by atoms with van der Waals surface area (Å²) in [4.78, 5) is 0. The maximum Gasteiger partial charge on any atom is 0.125 e. The van der Waals surface area contributed by atoms with E-state index in [4.69, 9.17) is 4.74 Å². The van der Waals surface area contributed by atoms with E-state index in [1.165, 1.54) is 0 Å². The molecule has 0 amide bonds. The maximum absolute atomic E-state index is 10.0. The van der Waals surface area contributed by atoms with E-state index < -0.39 is 5.60 Å². The van der Waals surface area contributed by atoms with Gasteiger partial charge in [-0.25, -0.2) is 0 Å². The molecule has 2 nitrogen and oxygen atoms in total. The fourth-order valence-corrected chi connectivity index (χ4v) is 1.57. The van der Waals surface area contributed by atoms with Crippen LogP contribution in [0.5, 0.6) is 5.75 Å². The quantitative estimate of drug-likeness (QED) is 0.764. The highest BCUT2D eigenvalue weighted by atomic mass is 16.5. The van der Waals surface area contributed by atoms with E-state index >= 15 is 0 Å². The van der Waals surface area contributed by atoms with Gasteiger partial charge in [0, 0.05) is 5.56 Å². The van der Waals surface area contributed by atoms with Crippen molar-refractivity contribution >= 4 is 0 Å². The molecule has 2 rings (SSSR count).